The Morgan fingerprint density at radius 1 is 1.14 bits per heavy atom. The zero-order chi connectivity index (χ0) is 15.6. The summed E-state index contributed by atoms with van der Waals surface area (Å²) in [5, 5.41) is 0.0323. The van der Waals surface area contributed by atoms with Crippen molar-refractivity contribution in [2.45, 2.75) is 12.8 Å². The molecule has 2 aromatic rings. The van der Waals surface area contributed by atoms with Gasteiger partial charge in [-0.25, -0.2) is 14.4 Å². The average Bonchev–Trinajstić information content (AvgIpc) is 2.36. The van der Waals surface area contributed by atoms with E-state index in [1.807, 2.05) is 0 Å². The molecule has 21 heavy (non-hydrogen) atoms. The van der Waals surface area contributed by atoms with E-state index in [0.29, 0.717) is 11.8 Å². The van der Waals surface area contributed by atoms with Crippen molar-refractivity contribution in [2.24, 2.45) is 0 Å². The fourth-order valence-electron chi connectivity index (χ4n) is 1.70. The lowest BCUT2D eigenvalue weighted by Gasteiger charge is -2.10. The van der Waals surface area contributed by atoms with Gasteiger partial charge in [-0.2, -0.15) is 13.2 Å². The van der Waals surface area contributed by atoms with Gasteiger partial charge >= 0.3 is 6.18 Å². The van der Waals surface area contributed by atoms with Gasteiger partial charge in [0.1, 0.15) is 11.0 Å². The lowest BCUT2D eigenvalue weighted by atomic mass is 10.1. The minimum Gasteiger partial charge on any atom is -0.378 e. The molecule has 2 rings (SSSR count). The molecule has 0 N–H and O–H groups in total. The van der Waals surface area contributed by atoms with Crippen LogP contribution < -0.4 is 0 Å². The molecule has 0 saturated carbocycles. The molecule has 1 heterocycles. The van der Waals surface area contributed by atoms with E-state index in [1.54, 1.807) is 0 Å². The third kappa shape index (κ3) is 3.89. The maximum Gasteiger partial charge on any atom is 0.416 e. The second kappa shape index (κ2) is 5.95. The Hall–Kier alpha value is -1.73. The topological polar surface area (TPSA) is 35.0 Å². The van der Waals surface area contributed by atoms with Crippen LogP contribution in [0.2, 0.25) is 5.15 Å². The minimum atomic E-state index is -4.66. The van der Waals surface area contributed by atoms with Crippen LogP contribution in [0, 0.1) is 5.82 Å². The summed E-state index contributed by atoms with van der Waals surface area (Å²) in [6.45, 7) is 0.108. The fourth-order valence-corrected chi connectivity index (χ4v) is 1.90. The third-order valence-electron chi connectivity index (χ3n) is 2.52. The quantitative estimate of drug-likeness (QED) is 0.631. The summed E-state index contributed by atoms with van der Waals surface area (Å²) in [6, 6.07) is 3.51. The number of nitrogens with zero attached hydrogens (tertiary/aromatic N) is 2. The van der Waals surface area contributed by atoms with Crippen LogP contribution >= 0.6 is 11.6 Å². The van der Waals surface area contributed by atoms with Gasteiger partial charge < -0.3 is 4.74 Å². The van der Waals surface area contributed by atoms with E-state index in [0.717, 1.165) is 12.1 Å². The molecule has 1 aromatic carbocycles. The third-order valence-corrected chi connectivity index (χ3v) is 2.72. The highest BCUT2D eigenvalue weighted by atomic mass is 35.5. The zero-order valence-electron chi connectivity index (χ0n) is 10.7. The van der Waals surface area contributed by atoms with Crippen molar-refractivity contribution in [3.8, 4) is 11.4 Å². The molecule has 1 aromatic heterocycles. The molecule has 0 aliphatic heterocycles. The van der Waals surface area contributed by atoms with E-state index < -0.39 is 17.6 Å². The van der Waals surface area contributed by atoms with Crippen LogP contribution in [0.3, 0.4) is 0 Å². The van der Waals surface area contributed by atoms with Crippen molar-refractivity contribution in [2.75, 3.05) is 7.11 Å². The van der Waals surface area contributed by atoms with Crippen molar-refractivity contribution < 1.29 is 22.3 Å². The first kappa shape index (κ1) is 15.7. The summed E-state index contributed by atoms with van der Waals surface area (Å²) in [5.74, 6) is -1.13. The molecule has 0 spiro atoms. The Morgan fingerprint density at radius 3 is 2.48 bits per heavy atom. The van der Waals surface area contributed by atoms with Gasteiger partial charge in [-0.3, -0.25) is 0 Å². The minimum absolute atomic E-state index is 0.0323. The molecule has 0 bridgehead atoms. The van der Waals surface area contributed by atoms with Crippen LogP contribution in [-0.4, -0.2) is 17.1 Å². The number of aromatic nitrogens is 2. The second-order valence-electron chi connectivity index (χ2n) is 4.16. The van der Waals surface area contributed by atoms with Crippen LogP contribution in [0.25, 0.3) is 11.4 Å². The number of ether oxygens (including phenoxy) is 1. The van der Waals surface area contributed by atoms with E-state index in [2.05, 4.69) is 9.97 Å². The predicted octanol–water partition coefficient (Wildman–Crippen LogP) is 4.10. The molecular formula is C13H9ClF4N2O. The average molecular weight is 321 g/mol. The van der Waals surface area contributed by atoms with E-state index >= 15 is 0 Å². The highest BCUT2D eigenvalue weighted by molar-refractivity contribution is 6.29. The molecule has 0 unspecified atom stereocenters. The molecule has 0 fully saturated rings. The first-order valence-corrected chi connectivity index (χ1v) is 6.08. The van der Waals surface area contributed by atoms with Gasteiger partial charge in [0.15, 0.2) is 5.82 Å². The molecule has 8 heteroatoms. The van der Waals surface area contributed by atoms with Gasteiger partial charge in [-0.1, -0.05) is 11.6 Å². The maximum atomic E-state index is 13.4. The molecule has 0 aliphatic rings. The van der Waals surface area contributed by atoms with E-state index in [4.69, 9.17) is 16.3 Å². The Bertz CT molecular complexity index is 661. The van der Waals surface area contributed by atoms with Crippen LogP contribution in [-0.2, 0) is 17.5 Å². The standard InChI is InChI=1S/C13H9ClF4N2O/c1-21-6-10-5-11(14)20-12(19-10)7-2-8(13(16,17)18)4-9(15)3-7/h2-5H,6H2,1H3. The zero-order valence-corrected chi connectivity index (χ0v) is 11.5. The summed E-state index contributed by atoms with van der Waals surface area (Å²) in [4.78, 5) is 7.82. The van der Waals surface area contributed by atoms with E-state index in [1.165, 1.54) is 13.2 Å². The summed E-state index contributed by atoms with van der Waals surface area (Å²) >= 11 is 5.78. The number of methoxy groups -OCH3 is 1. The normalized spacial score (nSPS) is 11.7. The smallest absolute Gasteiger partial charge is 0.378 e. The Morgan fingerprint density at radius 2 is 1.86 bits per heavy atom. The fraction of sp³-hybridized carbons (Fsp3) is 0.231. The highest BCUT2D eigenvalue weighted by Gasteiger charge is 2.31. The number of halogens is 5. The van der Waals surface area contributed by atoms with E-state index in [9.17, 15) is 17.6 Å². The first-order valence-electron chi connectivity index (χ1n) is 5.70. The van der Waals surface area contributed by atoms with Crippen LogP contribution in [0.15, 0.2) is 24.3 Å². The van der Waals surface area contributed by atoms with Crippen molar-refractivity contribution >= 4 is 11.6 Å². The molecule has 3 nitrogen and oxygen atoms in total. The van der Waals surface area contributed by atoms with Gasteiger partial charge in [-0.15, -0.1) is 0 Å². The van der Waals surface area contributed by atoms with Crippen molar-refractivity contribution in [1.82, 2.24) is 9.97 Å². The second-order valence-corrected chi connectivity index (χ2v) is 4.55. The highest BCUT2D eigenvalue weighted by Crippen LogP contribution is 2.32. The first-order chi connectivity index (χ1) is 9.79. The van der Waals surface area contributed by atoms with Crippen LogP contribution in [0.4, 0.5) is 17.6 Å². The predicted molar refractivity (Wildman–Crippen MR) is 68.2 cm³/mol. The lowest BCUT2D eigenvalue weighted by molar-refractivity contribution is -0.137. The summed E-state index contributed by atoms with van der Waals surface area (Å²) in [6.07, 6.45) is -4.66. The molecule has 0 atom stereocenters. The largest absolute Gasteiger partial charge is 0.416 e. The summed E-state index contributed by atoms with van der Waals surface area (Å²) in [7, 11) is 1.43. The van der Waals surface area contributed by atoms with Gasteiger partial charge in [0, 0.05) is 12.7 Å². The molecule has 0 saturated heterocycles. The number of benzene rings is 1. The number of rotatable bonds is 3. The van der Waals surface area contributed by atoms with Crippen molar-refractivity contribution in [1.29, 1.82) is 0 Å². The van der Waals surface area contributed by atoms with Gasteiger partial charge in [0.25, 0.3) is 0 Å². The summed E-state index contributed by atoms with van der Waals surface area (Å²) in [5.41, 5.74) is -0.845. The number of hydrogen-bond donors (Lipinski definition) is 0. The lowest BCUT2D eigenvalue weighted by Crippen LogP contribution is -2.06. The Balaban J connectivity index is 2.53. The molecular weight excluding hydrogens is 312 g/mol. The van der Waals surface area contributed by atoms with Crippen LogP contribution in [0.5, 0.6) is 0 Å². The molecule has 0 aliphatic carbocycles. The Kier molecular flexibility index (Phi) is 4.43. The molecule has 112 valence electrons. The monoisotopic (exact) mass is 320 g/mol. The Labute approximate surface area is 122 Å². The van der Waals surface area contributed by atoms with Crippen LogP contribution in [0.1, 0.15) is 11.3 Å². The molecule has 0 radical (unpaired) electrons. The van der Waals surface area contributed by atoms with Gasteiger partial charge in [0.05, 0.1) is 17.9 Å². The number of alkyl halides is 3. The van der Waals surface area contributed by atoms with E-state index in [-0.39, 0.29) is 23.1 Å². The number of hydrogen-bond acceptors (Lipinski definition) is 3. The SMILES string of the molecule is COCc1cc(Cl)nc(-c2cc(F)cc(C(F)(F)F)c2)n1. The van der Waals surface area contributed by atoms with Crippen molar-refractivity contribution in [3.63, 3.8) is 0 Å². The summed E-state index contributed by atoms with van der Waals surface area (Å²) < 4.78 is 56.3. The van der Waals surface area contributed by atoms with Crippen molar-refractivity contribution in [3.05, 3.63) is 46.5 Å². The van der Waals surface area contributed by atoms with Gasteiger partial charge in [0.2, 0.25) is 0 Å². The molecule has 0 amide bonds. The van der Waals surface area contributed by atoms with Gasteiger partial charge in [-0.05, 0) is 24.3 Å². The maximum absolute atomic E-state index is 13.4.